The van der Waals surface area contributed by atoms with E-state index in [4.69, 9.17) is 0 Å². The monoisotopic (exact) mass is 255 g/mol. The first-order valence-corrected chi connectivity index (χ1v) is 7.30. The molecule has 0 bridgehead atoms. The minimum Gasteiger partial charge on any atom is -0.316 e. The van der Waals surface area contributed by atoms with Crippen molar-refractivity contribution in [3.63, 3.8) is 0 Å². The van der Waals surface area contributed by atoms with E-state index in [1.807, 2.05) is 13.1 Å². The zero-order chi connectivity index (χ0) is 12.5. The van der Waals surface area contributed by atoms with Crippen LogP contribution in [0.5, 0.6) is 0 Å². The van der Waals surface area contributed by atoms with Crippen molar-refractivity contribution in [1.29, 1.82) is 0 Å². The molecule has 1 atom stereocenters. The number of rotatable bonds is 8. The van der Waals surface area contributed by atoms with Crippen molar-refractivity contribution in [3.8, 4) is 0 Å². The first-order valence-electron chi connectivity index (χ1n) is 6.32. The second-order valence-electron chi connectivity index (χ2n) is 4.25. The Balaban J connectivity index is 2.31. The first-order chi connectivity index (χ1) is 8.26. The molecule has 0 spiro atoms. The number of hydrogen-bond acceptors (Lipinski definition) is 2. The number of halogens is 1. The van der Waals surface area contributed by atoms with Crippen LogP contribution in [-0.2, 0) is 0 Å². The molecule has 0 aliphatic rings. The molecule has 0 radical (unpaired) electrons. The van der Waals surface area contributed by atoms with E-state index in [0.29, 0.717) is 6.04 Å². The Hall–Kier alpha value is -0.540. The molecule has 0 amide bonds. The standard InChI is InChI=1S/C14H22FNS/c1-3-4-5-8-13(16-2)11-17-14-9-6-7-12(15)10-14/h6-7,9-10,13,16H,3-5,8,11H2,1-2H3. The van der Waals surface area contributed by atoms with E-state index in [2.05, 4.69) is 12.2 Å². The summed E-state index contributed by atoms with van der Waals surface area (Å²) in [5.74, 6) is 0.853. The third-order valence-electron chi connectivity index (χ3n) is 2.81. The fraction of sp³-hybridized carbons (Fsp3) is 0.571. The highest BCUT2D eigenvalue weighted by molar-refractivity contribution is 7.99. The van der Waals surface area contributed by atoms with Gasteiger partial charge in [0.2, 0.25) is 0 Å². The zero-order valence-corrected chi connectivity index (χ0v) is 11.5. The van der Waals surface area contributed by atoms with Gasteiger partial charge in [0.15, 0.2) is 0 Å². The van der Waals surface area contributed by atoms with Crippen LogP contribution in [0, 0.1) is 5.82 Å². The van der Waals surface area contributed by atoms with Gasteiger partial charge in [-0.05, 0) is 31.7 Å². The molecule has 1 rings (SSSR count). The van der Waals surface area contributed by atoms with Crippen molar-refractivity contribution in [1.82, 2.24) is 5.32 Å². The molecule has 0 heterocycles. The highest BCUT2D eigenvalue weighted by atomic mass is 32.2. The van der Waals surface area contributed by atoms with Gasteiger partial charge >= 0.3 is 0 Å². The van der Waals surface area contributed by atoms with Crippen LogP contribution < -0.4 is 5.32 Å². The van der Waals surface area contributed by atoms with E-state index in [-0.39, 0.29) is 5.82 Å². The van der Waals surface area contributed by atoms with E-state index >= 15 is 0 Å². The number of unbranched alkanes of at least 4 members (excludes halogenated alkanes) is 2. The summed E-state index contributed by atoms with van der Waals surface area (Å²) in [4.78, 5) is 1.01. The third kappa shape index (κ3) is 6.08. The summed E-state index contributed by atoms with van der Waals surface area (Å²) in [5.41, 5.74) is 0. The summed E-state index contributed by atoms with van der Waals surface area (Å²) in [6.07, 6.45) is 5.02. The molecule has 0 aliphatic heterocycles. The van der Waals surface area contributed by atoms with Gasteiger partial charge in [0.05, 0.1) is 0 Å². The predicted molar refractivity (Wildman–Crippen MR) is 74.1 cm³/mol. The maximum absolute atomic E-state index is 13.0. The lowest BCUT2D eigenvalue weighted by Gasteiger charge is -2.15. The minimum atomic E-state index is -0.151. The van der Waals surface area contributed by atoms with Crippen LogP contribution in [0.25, 0.3) is 0 Å². The molecule has 1 nitrogen and oxygen atoms in total. The van der Waals surface area contributed by atoms with Gasteiger partial charge in [-0.25, -0.2) is 4.39 Å². The first kappa shape index (κ1) is 14.5. The van der Waals surface area contributed by atoms with Gasteiger partial charge in [0, 0.05) is 16.7 Å². The average Bonchev–Trinajstić information content (AvgIpc) is 2.34. The van der Waals surface area contributed by atoms with Crippen molar-refractivity contribution >= 4 is 11.8 Å². The Bertz CT molecular complexity index is 317. The Morgan fingerprint density at radius 2 is 2.18 bits per heavy atom. The maximum Gasteiger partial charge on any atom is 0.124 e. The van der Waals surface area contributed by atoms with Crippen LogP contribution in [0.4, 0.5) is 4.39 Å². The largest absolute Gasteiger partial charge is 0.316 e. The molecule has 3 heteroatoms. The van der Waals surface area contributed by atoms with Gasteiger partial charge in [-0.2, -0.15) is 0 Å². The normalized spacial score (nSPS) is 12.6. The molecule has 1 N–H and O–H groups in total. The Kier molecular flexibility index (Phi) is 7.29. The fourth-order valence-electron chi connectivity index (χ4n) is 1.71. The van der Waals surface area contributed by atoms with Crippen LogP contribution in [0.2, 0.25) is 0 Å². The lowest BCUT2D eigenvalue weighted by molar-refractivity contribution is 0.531. The zero-order valence-electron chi connectivity index (χ0n) is 10.7. The van der Waals surface area contributed by atoms with E-state index in [1.165, 1.54) is 31.7 Å². The summed E-state index contributed by atoms with van der Waals surface area (Å²) >= 11 is 1.72. The summed E-state index contributed by atoms with van der Waals surface area (Å²) in [6.45, 7) is 2.22. The van der Waals surface area contributed by atoms with Crippen LogP contribution in [0.15, 0.2) is 29.2 Å². The molecule has 0 saturated carbocycles. The van der Waals surface area contributed by atoms with Gasteiger partial charge in [-0.1, -0.05) is 32.3 Å². The number of thioether (sulfide) groups is 1. The second kappa shape index (κ2) is 8.54. The molecule has 0 aromatic heterocycles. The van der Waals surface area contributed by atoms with Gasteiger partial charge in [-0.3, -0.25) is 0 Å². The maximum atomic E-state index is 13.0. The third-order valence-corrected chi connectivity index (χ3v) is 3.97. The summed E-state index contributed by atoms with van der Waals surface area (Å²) in [7, 11) is 2.00. The summed E-state index contributed by atoms with van der Waals surface area (Å²) in [5, 5.41) is 3.33. The average molecular weight is 255 g/mol. The molecular formula is C14H22FNS. The van der Waals surface area contributed by atoms with Gasteiger partial charge in [0.1, 0.15) is 5.82 Å². The Morgan fingerprint density at radius 3 is 2.82 bits per heavy atom. The Morgan fingerprint density at radius 1 is 1.35 bits per heavy atom. The molecule has 17 heavy (non-hydrogen) atoms. The summed E-state index contributed by atoms with van der Waals surface area (Å²) < 4.78 is 13.0. The molecule has 0 saturated heterocycles. The Labute approximate surface area is 108 Å². The van der Waals surface area contributed by atoms with Gasteiger partial charge < -0.3 is 5.32 Å². The number of hydrogen-bond donors (Lipinski definition) is 1. The highest BCUT2D eigenvalue weighted by Crippen LogP contribution is 2.20. The van der Waals surface area contributed by atoms with Crippen LogP contribution in [0.3, 0.4) is 0 Å². The molecule has 0 fully saturated rings. The van der Waals surface area contributed by atoms with E-state index in [0.717, 1.165) is 10.6 Å². The predicted octanol–water partition coefficient (Wildman–Crippen LogP) is 4.09. The molecular weight excluding hydrogens is 233 g/mol. The van der Waals surface area contributed by atoms with Crippen LogP contribution >= 0.6 is 11.8 Å². The lowest BCUT2D eigenvalue weighted by atomic mass is 10.1. The molecule has 1 unspecified atom stereocenters. The highest BCUT2D eigenvalue weighted by Gasteiger charge is 2.06. The quantitative estimate of drug-likeness (QED) is 0.555. The fourth-order valence-corrected chi connectivity index (χ4v) is 2.80. The number of nitrogens with one attached hydrogen (secondary N) is 1. The summed E-state index contributed by atoms with van der Waals surface area (Å²) in [6, 6.07) is 7.34. The van der Waals surface area contributed by atoms with Crippen molar-refractivity contribution in [2.24, 2.45) is 0 Å². The number of benzene rings is 1. The van der Waals surface area contributed by atoms with Crippen LogP contribution in [0.1, 0.15) is 32.6 Å². The van der Waals surface area contributed by atoms with Gasteiger partial charge in [0.25, 0.3) is 0 Å². The minimum absolute atomic E-state index is 0.151. The molecule has 96 valence electrons. The van der Waals surface area contributed by atoms with Crippen molar-refractivity contribution in [2.75, 3.05) is 12.8 Å². The van der Waals surface area contributed by atoms with Crippen molar-refractivity contribution in [3.05, 3.63) is 30.1 Å². The van der Waals surface area contributed by atoms with Crippen LogP contribution in [-0.4, -0.2) is 18.8 Å². The van der Waals surface area contributed by atoms with E-state index in [1.54, 1.807) is 23.9 Å². The van der Waals surface area contributed by atoms with Crippen molar-refractivity contribution < 1.29 is 4.39 Å². The molecule has 1 aromatic rings. The molecule has 1 aromatic carbocycles. The smallest absolute Gasteiger partial charge is 0.124 e. The van der Waals surface area contributed by atoms with Crippen molar-refractivity contribution in [2.45, 2.75) is 43.5 Å². The van der Waals surface area contributed by atoms with Gasteiger partial charge in [-0.15, -0.1) is 11.8 Å². The topological polar surface area (TPSA) is 12.0 Å². The van der Waals surface area contributed by atoms with E-state index in [9.17, 15) is 4.39 Å². The SMILES string of the molecule is CCCCCC(CSc1cccc(F)c1)NC. The lowest BCUT2D eigenvalue weighted by Crippen LogP contribution is -2.27. The van der Waals surface area contributed by atoms with E-state index < -0.39 is 0 Å². The molecule has 0 aliphatic carbocycles. The second-order valence-corrected chi connectivity index (χ2v) is 5.34.